The second kappa shape index (κ2) is 7.24. The zero-order chi connectivity index (χ0) is 21.7. The number of aryl methyl sites for hydroxylation is 2. The Hall–Kier alpha value is -3.65. The monoisotopic (exact) mass is 434 g/mol. The molecule has 0 unspecified atom stereocenters. The van der Waals surface area contributed by atoms with Crippen molar-refractivity contribution >= 4 is 28.4 Å². The highest BCUT2D eigenvalue weighted by Crippen LogP contribution is 2.16. The number of nitrogens with zero attached hydrogens (tertiary/aromatic N) is 6. The molecule has 0 aliphatic carbocycles. The average Bonchev–Trinajstić information content (AvgIpc) is 3.28. The summed E-state index contributed by atoms with van der Waals surface area (Å²) in [6.45, 7) is 2.47. The van der Waals surface area contributed by atoms with Crippen LogP contribution in [0.15, 0.2) is 64.3 Å². The fourth-order valence-electron chi connectivity index (χ4n) is 3.70. The van der Waals surface area contributed by atoms with Gasteiger partial charge in [-0.05, 0) is 24.1 Å². The van der Waals surface area contributed by atoms with Gasteiger partial charge in [-0.3, -0.25) is 14.0 Å². The smallest absolute Gasteiger partial charge is 0.273 e. The molecule has 0 aliphatic rings. The predicted molar refractivity (Wildman–Crippen MR) is 119 cm³/mol. The molecule has 0 saturated carbocycles. The standard InChI is InChI=1S/C22H19ClN6O2/c1-14-7-9-15(10-8-14)11-27-20(30)19-18(13-26(2)24-19)29-21(27)25-28(22(29)31)12-16-5-3-4-6-17(16)23/h3-10,13H,11-12H2,1-2H3. The van der Waals surface area contributed by atoms with E-state index in [0.717, 1.165) is 16.7 Å². The molecule has 5 aromatic rings. The molecule has 0 bridgehead atoms. The summed E-state index contributed by atoms with van der Waals surface area (Å²) >= 11 is 6.28. The van der Waals surface area contributed by atoms with Crippen molar-refractivity contribution in [2.45, 2.75) is 20.0 Å². The van der Waals surface area contributed by atoms with Crippen LogP contribution in [0.2, 0.25) is 5.02 Å². The third-order valence-electron chi connectivity index (χ3n) is 5.30. The minimum atomic E-state index is -0.356. The first-order valence-electron chi connectivity index (χ1n) is 9.77. The van der Waals surface area contributed by atoms with Crippen molar-refractivity contribution in [1.29, 1.82) is 0 Å². The van der Waals surface area contributed by atoms with Crippen LogP contribution in [0.25, 0.3) is 16.8 Å². The van der Waals surface area contributed by atoms with E-state index in [1.807, 2.05) is 49.4 Å². The molecule has 31 heavy (non-hydrogen) atoms. The molecule has 0 atom stereocenters. The molecule has 3 aromatic heterocycles. The SMILES string of the molecule is Cc1ccc(Cn2c(=O)c3nn(C)cc3n3c(=O)n(Cc4ccccc4Cl)nc23)cc1. The van der Waals surface area contributed by atoms with Gasteiger partial charge in [-0.15, -0.1) is 5.10 Å². The van der Waals surface area contributed by atoms with Gasteiger partial charge in [0.1, 0.15) is 5.52 Å². The van der Waals surface area contributed by atoms with Crippen LogP contribution in [-0.2, 0) is 20.1 Å². The average molecular weight is 435 g/mol. The topological polar surface area (TPSA) is 79.1 Å². The van der Waals surface area contributed by atoms with Crippen molar-refractivity contribution in [3.8, 4) is 0 Å². The summed E-state index contributed by atoms with van der Waals surface area (Å²) in [5, 5.41) is 9.36. The van der Waals surface area contributed by atoms with Crippen LogP contribution in [0, 0.1) is 6.92 Å². The molecule has 8 nitrogen and oxygen atoms in total. The van der Waals surface area contributed by atoms with Gasteiger partial charge in [0.25, 0.3) is 5.56 Å². The van der Waals surface area contributed by atoms with Gasteiger partial charge < -0.3 is 0 Å². The number of hydrogen-bond donors (Lipinski definition) is 0. The Labute approximate surface area is 181 Å². The maximum Gasteiger partial charge on any atom is 0.352 e. The van der Waals surface area contributed by atoms with Crippen molar-refractivity contribution in [3.05, 3.63) is 97.3 Å². The van der Waals surface area contributed by atoms with E-state index in [9.17, 15) is 9.59 Å². The minimum absolute atomic E-state index is 0.195. The van der Waals surface area contributed by atoms with Crippen molar-refractivity contribution in [3.63, 3.8) is 0 Å². The summed E-state index contributed by atoms with van der Waals surface area (Å²) in [5.74, 6) is 0.267. The van der Waals surface area contributed by atoms with E-state index in [4.69, 9.17) is 11.6 Å². The maximum atomic E-state index is 13.3. The van der Waals surface area contributed by atoms with Crippen LogP contribution in [-0.4, -0.2) is 28.5 Å². The molecule has 0 radical (unpaired) electrons. The first kappa shape index (κ1) is 19.3. The van der Waals surface area contributed by atoms with Crippen LogP contribution in [0.3, 0.4) is 0 Å². The molecular weight excluding hydrogens is 416 g/mol. The van der Waals surface area contributed by atoms with Gasteiger partial charge in [0.05, 0.1) is 13.1 Å². The zero-order valence-electron chi connectivity index (χ0n) is 17.0. The van der Waals surface area contributed by atoms with Gasteiger partial charge >= 0.3 is 5.69 Å². The molecular formula is C22H19ClN6O2. The lowest BCUT2D eigenvalue weighted by Crippen LogP contribution is -2.26. The molecule has 0 aliphatic heterocycles. The summed E-state index contributed by atoms with van der Waals surface area (Å²) in [6.07, 6.45) is 1.66. The van der Waals surface area contributed by atoms with E-state index in [0.29, 0.717) is 10.5 Å². The van der Waals surface area contributed by atoms with E-state index in [1.54, 1.807) is 19.3 Å². The van der Waals surface area contributed by atoms with Crippen molar-refractivity contribution in [2.75, 3.05) is 0 Å². The number of halogens is 1. The Morgan fingerprint density at radius 1 is 0.968 bits per heavy atom. The lowest BCUT2D eigenvalue weighted by molar-refractivity contribution is 0.654. The Kier molecular flexibility index (Phi) is 4.51. The van der Waals surface area contributed by atoms with Crippen LogP contribution in [0.1, 0.15) is 16.7 Å². The molecule has 2 aromatic carbocycles. The minimum Gasteiger partial charge on any atom is -0.273 e. The van der Waals surface area contributed by atoms with Gasteiger partial charge in [0, 0.05) is 18.3 Å². The molecule has 0 fully saturated rings. The molecule has 9 heteroatoms. The Morgan fingerprint density at radius 3 is 2.45 bits per heavy atom. The Balaban J connectivity index is 1.76. The highest BCUT2D eigenvalue weighted by Gasteiger charge is 2.20. The maximum absolute atomic E-state index is 13.3. The summed E-state index contributed by atoms with van der Waals surface area (Å²) in [4.78, 5) is 26.6. The largest absolute Gasteiger partial charge is 0.352 e. The van der Waals surface area contributed by atoms with Gasteiger partial charge in [-0.25, -0.2) is 13.9 Å². The summed E-state index contributed by atoms with van der Waals surface area (Å²) in [5.41, 5.74) is 2.83. The van der Waals surface area contributed by atoms with Crippen LogP contribution in [0.5, 0.6) is 0 Å². The first-order valence-corrected chi connectivity index (χ1v) is 10.1. The Bertz CT molecular complexity index is 1560. The Morgan fingerprint density at radius 2 is 1.71 bits per heavy atom. The van der Waals surface area contributed by atoms with E-state index in [2.05, 4.69) is 10.2 Å². The van der Waals surface area contributed by atoms with Gasteiger partial charge in [-0.2, -0.15) is 5.10 Å². The second-order valence-corrected chi connectivity index (χ2v) is 7.99. The van der Waals surface area contributed by atoms with Gasteiger partial charge in [0.15, 0.2) is 5.52 Å². The molecule has 3 heterocycles. The number of hydrogen-bond acceptors (Lipinski definition) is 4. The van der Waals surface area contributed by atoms with E-state index >= 15 is 0 Å². The van der Waals surface area contributed by atoms with E-state index in [-0.39, 0.29) is 35.6 Å². The highest BCUT2D eigenvalue weighted by molar-refractivity contribution is 6.31. The lowest BCUT2D eigenvalue weighted by Gasteiger charge is -2.07. The number of aromatic nitrogens is 6. The normalized spacial score (nSPS) is 11.6. The fourth-order valence-corrected chi connectivity index (χ4v) is 3.90. The van der Waals surface area contributed by atoms with Gasteiger partial charge in [0.2, 0.25) is 5.78 Å². The van der Waals surface area contributed by atoms with Crippen LogP contribution < -0.4 is 11.2 Å². The third kappa shape index (κ3) is 3.25. The van der Waals surface area contributed by atoms with Crippen molar-refractivity contribution in [2.24, 2.45) is 7.05 Å². The van der Waals surface area contributed by atoms with E-state index < -0.39 is 0 Å². The molecule has 156 valence electrons. The molecule has 0 N–H and O–H groups in total. The van der Waals surface area contributed by atoms with Crippen LogP contribution in [0.4, 0.5) is 0 Å². The summed E-state index contributed by atoms with van der Waals surface area (Å²) < 4.78 is 5.78. The lowest BCUT2D eigenvalue weighted by atomic mass is 10.1. The zero-order valence-corrected chi connectivity index (χ0v) is 17.7. The number of fused-ring (bicyclic) bond motifs is 3. The quantitative estimate of drug-likeness (QED) is 0.435. The molecule has 0 amide bonds. The van der Waals surface area contributed by atoms with Crippen molar-refractivity contribution < 1.29 is 0 Å². The molecule has 0 spiro atoms. The number of benzene rings is 2. The summed E-state index contributed by atoms with van der Waals surface area (Å²) in [7, 11) is 1.72. The second-order valence-electron chi connectivity index (χ2n) is 7.58. The van der Waals surface area contributed by atoms with Crippen molar-refractivity contribution in [1.82, 2.24) is 28.5 Å². The molecule has 5 rings (SSSR count). The fraction of sp³-hybridized carbons (Fsp3) is 0.182. The first-order chi connectivity index (χ1) is 14.9. The molecule has 0 saturated heterocycles. The highest BCUT2D eigenvalue weighted by atomic mass is 35.5. The number of rotatable bonds is 4. The van der Waals surface area contributed by atoms with Gasteiger partial charge in [-0.1, -0.05) is 59.6 Å². The third-order valence-corrected chi connectivity index (χ3v) is 5.67. The van der Waals surface area contributed by atoms with Crippen LogP contribution >= 0.6 is 11.6 Å². The van der Waals surface area contributed by atoms with E-state index in [1.165, 1.54) is 18.3 Å². The predicted octanol–water partition coefficient (Wildman–Crippen LogP) is 2.60. The summed E-state index contributed by atoms with van der Waals surface area (Å²) in [6, 6.07) is 15.2.